The van der Waals surface area contributed by atoms with Gasteiger partial charge in [0, 0.05) is 22.4 Å². The molecule has 1 unspecified atom stereocenters. The Kier molecular flexibility index (Phi) is 4.59. The minimum Gasteiger partial charge on any atom is -0.477 e. The molecule has 2 aromatic heterocycles. The van der Waals surface area contributed by atoms with Crippen LogP contribution in [0.2, 0.25) is 0 Å². The molecule has 7 heteroatoms. The summed E-state index contributed by atoms with van der Waals surface area (Å²) in [5.74, 6) is -0.984. The van der Waals surface area contributed by atoms with Gasteiger partial charge >= 0.3 is 5.97 Å². The van der Waals surface area contributed by atoms with E-state index < -0.39 is 11.9 Å². The largest absolute Gasteiger partial charge is 0.477 e. The smallest absolute Gasteiger partial charge is 0.346 e. The van der Waals surface area contributed by atoms with Crippen LogP contribution >= 0.6 is 11.3 Å². The molecule has 0 radical (unpaired) electrons. The van der Waals surface area contributed by atoms with Crippen LogP contribution in [0.1, 0.15) is 45.1 Å². The molecule has 6 nitrogen and oxygen atoms in total. The minimum atomic E-state index is -0.982. The maximum atomic E-state index is 12.5. The lowest BCUT2D eigenvalue weighted by atomic mass is 9.98. The number of fused-ring (bicyclic) bond motifs is 1. The molecule has 0 aliphatic heterocycles. The van der Waals surface area contributed by atoms with E-state index in [9.17, 15) is 14.7 Å². The number of benzene rings is 1. The Labute approximate surface area is 148 Å². The molecule has 0 aliphatic rings. The topological polar surface area (TPSA) is 92.4 Å². The van der Waals surface area contributed by atoms with Gasteiger partial charge in [0.25, 0.3) is 0 Å². The van der Waals surface area contributed by atoms with Crippen molar-refractivity contribution in [1.82, 2.24) is 10.5 Å². The first-order valence-corrected chi connectivity index (χ1v) is 8.66. The van der Waals surface area contributed by atoms with Gasteiger partial charge in [-0.25, -0.2) is 4.79 Å². The lowest BCUT2D eigenvalue weighted by molar-refractivity contribution is -0.122. The number of nitrogens with zero attached hydrogens (tertiary/aromatic N) is 1. The van der Waals surface area contributed by atoms with Crippen molar-refractivity contribution >= 4 is 33.3 Å². The fraction of sp³-hybridized carbons (Fsp3) is 0.278. The van der Waals surface area contributed by atoms with E-state index in [2.05, 4.69) is 10.5 Å². The highest BCUT2D eigenvalue weighted by atomic mass is 32.1. The summed E-state index contributed by atoms with van der Waals surface area (Å²) in [7, 11) is 0. The summed E-state index contributed by atoms with van der Waals surface area (Å²) >= 11 is 1.22. The number of hydrogen-bond acceptors (Lipinski definition) is 5. The van der Waals surface area contributed by atoms with Crippen LogP contribution < -0.4 is 5.32 Å². The highest BCUT2D eigenvalue weighted by Crippen LogP contribution is 2.31. The molecule has 0 saturated heterocycles. The Morgan fingerprint density at radius 2 is 2.04 bits per heavy atom. The van der Waals surface area contributed by atoms with Gasteiger partial charge in [-0.15, -0.1) is 11.3 Å². The Morgan fingerprint density at radius 1 is 1.32 bits per heavy atom. The fourth-order valence-corrected chi connectivity index (χ4v) is 4.08. The molecule has 25 heavy (non-hydrogen) atoms. The van der Waals surface area contributed by atoms with Crippen LogP contribution in [-0.2, 0) is 11.3 Å². The van der Waals surface area contributed by atoms with Crippen LogP contribution in [0.4, 0.5) is 0 Å². The molecule has 1 atom stereocenters. The SMILES string of the molecule is Cc1noc(C)c1C(C)C(=O)NCc1c(C(=O)O)sc2ccccc12. The van der Waals surface area contributed by atoms with Gasteiger partial charge in [-0.3, -0.25) is 4.79 Å². The van der Waals surface area contributed by atoms with E-state index in [4.69, 9.17) is 4.52 Å². The molecule has 0 fully saturated rings. The molecule has 0 aliphatic carbocycles. The van der Waals surface area contributed by atoms with Crippen molar-refractivity contribution in [3.63, 3.8) is 0 Å². The Morgan fingerprint density at radius 3 is 2.68 bits per heavy atom. The number of amides is 1. The van der Waals surface area contributed by atoms with Gasteiger partial charge in [-0.1, -0.05) is 23.4 Å². The zero-order valence-electron chi connectivity index (χ0n) is 14.1. The second-order valence-electron chi connectivity index (χ2n) is 5.89. The van der Waals surface area contributed by atoms with Crippen LogP contribution in [0, 0.1) is 13.8 Å². The summed E-state index contributed by atoms with van der Waals surface area (Å²) in [5, 5.41) is 17.0. The average molecular weight is 358 g/mol. The van der Waals surface area contributed by atoms with Crippen LogP contribution in [0.25, 0.3) is 10.1 Å². The van der Waals surface area contributed by atoms with Crippen molar-refractivity contribution in [3.05, 3.63) is 51.7 Å². The fourth-order valence-electron chi connectivity index (χ4n) is 3.02. The number of carboxylic acids is 1. The number of aryl methyl sites for hydroxylation is 2. The van der Waals surface area contributed by atoms with Gasteiger partial charge in [0.2, 0.25) is 5.91 Å². The highest BCUT2D eigenvalue weighted by Gasteiger charge is 2.24. The molecule has 0 saturated carbocycles. The van der Waals surface area contributed by atoms with Crippen LogP contribution in [0.3, 0.4) is 0 Å². The second kappa shape index (κ2) is 6.68. The van der Waals surface area contributed by atoms with Gasteiger partial charge in [0.15, 0.2) is 0 Å². The van der Waals surface area contributed by atoms with Gasteiger partial charge in [-0.05, 0) is 32.2 Å². The van der Waals surface area contributed by atoms with Crippen LogP contribution in [0.5, 0.6) is 0 Å². The van der Waals surface area contributed by atoms with E-state index >= 15 is 0 Å². The molecular formula is C18H18N2O4S. The third kappa shape index (κ3) is 3.15. The third-order valence-corrected chi connectivity index (χ3v) is 5.45. The molecule has 0 bridgehead atoms. The number of rotatable bonds is 5. The van der Waals surface area contributed by atoms with E-state index in [0.29, 0.717) is 17.0 Å². The number of carbonyl (C=O) groups is 2. The molecule has 1 aromatic carbocycles. The van der Waals surface area contributed by atoms with Crippen molar-refractivity contribution in [3.8, 4) is 0 Å². The van der Waals surface area contributed by atoms with E-state index in [1.165, 1.54) is 11.3 Å². The van der Waals surface area contributed by atoms with Crippen molar-refractivity contribution in [2.24, 2.45) is 0 Å². The van der Waals surface area contributed by atoms with E-state index in [1.54, 1.807) is 20.8 Å². The third-order valence-electron chi connectivity index (χ3n) is 4.25. The number of aromatic nitrogens is 1. The summed E-state index contributed by atoms with van der Waals surface area (Å²) in [5.41, 5.74) is 2.09. The van der Waals surface area contributed by atoms with Gasteiger partial charge in [-0.2, -0.15) is 0 Å². The number of aromatic carboxylic acids is 1. The van der Waals surface area contributed by atoms with Gasteiger partial charge in [0.1, 0.15) is 10.6 Å². The predicted octanol–water partition coefficient (Wildman–Crippen LogP) is 3.62. The second-order valence-corrected chi connectivity index (χ2v) is 6.94. The number of thiophene rings is 1. The van der Waals surface area contributed by atoms with Crippen molar-refractivity contribution in [2.75, 3.05) is 0 Å². The number of carboxylic acid groups (broad SMARTS) is 1. The first-order valence-electron chi connectivity index (χ1n) is 7.84. The summed E-state index contributed by atoms with van der Waals surface area (Å²) < 4.78 is 6.01. The molecule has 1 amide bonds. The lowest BCUT2D eigenvalue weighted by Crippen LogP contribution is -2.28. The normalized spacial score (nSPS) is 12.3. The van der Waals surface area contributed by atoms with Crippen LogP contribution in [-0.4, -0.2) is 22.1 Å². The zero-order valence-corrected chi connectivity index (χ0v) is 14.9. The lowest BCUT2D eigenvalue weighted by Gasteiger charge is -2.12. The zero-order chi connectivity index (χ0) is 18.1. The highest BCUT2D eigenvalue weighted by molar-refractivity contribution is 7.21. The molecule has 2 heterocycles. The average Bonchev–Trinajstić information content (AvgIpc) is 3.12. The van der Waals surface area contributed by atoms with Crippen LogP contribution in [0.15, 0.2) is 28.8 Å². The molecular weight excluding hydrogens is 340 g/mol. The number of carbonyl (C=O) groups excluding carboxylic acids is 1. The molecule has 3 rings (SSSR count). The van der Waals surface area contributed by atoms with Crippen molar-refractivity contribution in [1.29, 1.82) is 0 Å². The van der Waals surface area contributed by atoms with Crippen molar-refractivity contribution in [2.45, 2.75) is 33.2 Å². The number of hydrogen-bond donors (Lipinski definition) is 2. The monoisotopic (exact) mass is 358 g/mol. The first kappa shape index (κ1) is 17.2. The summed E-state index contributed by atoms with van der Waals surface area (Å²) in [4.78, 5) is 24.3. The molecule has 130 valence electrons. The van der Waals surface area contributed by atoms with Crippen molar-refractivity contribution < 1.29 is 19.2 Å². The molecule has 2 N–H and O–H groups in total. The summed E-state index contributed by atoms with van der Waals surface area (Å²) in [6.07, 6.45) is 0. The standard InChI is InChI=1S/C18H18N2O4S/c1-9(15-10(2)20-24-11(15)3)17(21)19-8-13-12-6-4-5-7-14(12)25-16(13)18(22)23/h4-7,9H,8H2,1-3H3,(H,19,21)(H,22,23). The molecule has 3 aromatic rings. The predicted molar refractivity (Wildman–Crippen MR) is 95.0 cm³/mol. The summed E-state index contributed by atoms with van der Waals surface area (Å²) in [6, 6.07) is 7.48. The van der Waals surface area contributed by atoms with E-state index in [1.807, 2.05) is 24.3 Å². The summed E-state index contributed by atoms with van der Waals surface area (Å²) in [6.45, 7) is 5.52. The van der Waals surface area contributed by atoms with Gasteiger partial charge < -0.3 is 14.9 Å². The first-order chi connectivity index (χ1) is 11.9. The molecule has 0 spiro atoms. The maximum absolute atomic E-state index is 12.5. The van der Waals surface area contributed by atoms with E-state index in [-0.39, 0.29) is 17.3 Å². The Balaban J connectivity index is 1.84. The Hall–Kier alpha value is -2.67. The number of nitrogens with one attached hydrogen (secondary N) is 1. The minimum absolute atomic E-state index is 0.165. The Bertz CT molecular complexity index is 938. The maximum Gasteiger partial charge on any atom is 0.346 e. The van der Waals surface area contributed by atoms with E-state index in [0.717, 1.165) is 15.6 Å². The quantitative estimate of drug-likeness (QED) is 0.727. The van der Waals surface area contributed by atoms with Gasteiger partial charge in [0.05, 0.1) is 11.6 Å².